The van der Waals surface area contributed by atoms with Crippen molar-refractivity contribution in [2.24, 2.45) is 0 Å². The summed E-state index contributed by atoms with van der Waals surface area (Å²) in [6.07, 6.45) is 0. The average molecular weight is 181 g/mol. The molecular weight excluding hydrogens is 168 g/mol. The molecule has 0 amide bonds. The number of aliphatic hydroxyl groups is 1. The molecule has 0 aliphatic rings. The van der Waals surface area contributed by atoms with E-state index in [1.54, 1.807) is 6.92 Å². The molecule has 0 aromatic heterocycles. The van der Waals surface area contributed by atoms with Gasteiger partial charge in [-0.1, -0.05) is 6.92 Å². The van der Waals surface area contributed by atoms with E-state index >= 15 is 0 Å². The van der Waals surface area contributed by atoms with E-state index in [1.165, 1.54) is 6.92 Å². The Bertz CT molecular complexity index is 205. The molecule has 0 spiro atoms. The summed E-state index contributed by atoms with van der Waals surface area (Å²) < 4.78 is 26.5. The molecule has 1 atom stereocenters. The Labute approximate surface area is 67.1 Å². The van der Waals surface area contributed by atoms with Crippen molar-refractivity contribution in [3.8, 4) is 0 Å². The van der Waals surface area contributed by atoms with Gasteiger partial charge in [-0.3, -0.25) is 0 Å². The van der Waals surface area contributed by atoms with E-state index in [1.807, 2.05) is 0 Å². The molecule has 0 aromatic carbocycles. The van der Waals surface area contributed by atoms with Crippen LogP contribution in [-0.2, 0) is 14.6 Å². The number of ether oxygens (including phenoxy) is 1. The van der Waals surface area contributed by atoms with Crippen molar-refractivity contribution in [3.05, 3.63) is 6.92 Å². The summed E-state index contributed by atoms with van der Waals surface area (Å²) in [6, 6.07) is 0. The summed E-state index contributed by atoms with van der Waals surface area (Å²) >= 11 is 0. The van der Waals surface area contributed by atoms with E-state index in [2.05, 4.69) is 11.7 Å². The van der Waals surface area contributed by atoms with Gasteiger partial charge in [-0.25, -0.2) is 8.42 Å². The second kappa shape index (κ2) is 3.51. The highest BCUT2D eigenvalue weighted by Crippen LogP contribution is 2.14. The molecular formula is C6H13O4S. The molecule has 0 aliphatic carbocycles. The number of hydrogen-bond acceptors (Lipinski definition) is 4. The maximum Gasteiger partial charge on any atom is 0.271 e. The van der Waals surface area contributed by atoms with Crippen LogP contribution >= 0.6 is 0 Å². The van der Waals surface area contributed by atoms with E-state index in [4.69, 9.17) is 5.11 Å². The van der Waals surface area contributed by atoms with E-state index in [0.717, 1.165) is 0 Å². The van der Waals surface area contributed by atoms with Crippen molar-refractivity contribution < 1.29 is 18.3 Å². The van der Waals surface area contributed by atoms with Gasteiger partial charge in [0.1, 0.15) is 0 Å². The molecule has 0 rings (SSSR count). The maximum absolute atomic E-state index is 11.0. The van der Waals surface area contributed by atoms with Crippen molar-refractivity contribution in [2.45, 2.75) is 19.0 Å². The van der Waals surface area contributed by atoms with Gasteiger partial charge in [0.25, 0.3) is 5.12 Å². The second-order valence-corrected chi connectivity index (χ2v) is 4.49. The monoisotopic (exact) mass is 181 g/mol. The first-order chi connectivity index (χ1) is 4.87. The normalized spacial score (nSPS) is 17.8. The van der Waals surface area contributed by atoms with Gasteiger partial charge in [0, 0.05) is 13.5 Å². The van der Waals surface area contributed by atoms with Gasteiger partial charge in [-0.05, 0) is 6.92 Å². The first kappa shape index (κ1) is 10.9. The van der Waals surface area contributed by atoms with Crippen molar-refractivity contribution >= 4 is 9.84 Å². The average Bonchev–Trinajstić information content (AvgIpc) is 1.87. The van der Waals surface area contributed by atoms with Gasteiger partial charge in [-0.2, -0.15) is 0 Å². The van der Waals surface area contributed by atoms with E-state index in [-0.39, 0.29) is 12.4 Å². The smallest absolute Gasteiger partial charge is 0.271 e. The molecule has 0 fully saturated rings. The fraction of sp³-hybridized carbons (Fsp3) is 0.833. The quantitative estimate of drug-likeness (QED) is 0.617. The van der Waals surface area contributed by atoms with Crippen LogP contribution < -0.4 is 0 Å². The first-order valence-electron chi connectivity index (χ1n) is 3.31. The van der Waals surface area contributed by atoms with Gasteiger partial charge in [0.15, 0.2) is 0 Å². The number of sulfone groups is 1. The summed E-state index contributed by atoms with van der Waals surface area (Å²) in [4.78, 5) is 0. The third-order valence-electron chi connectivity index (χ3n) is 1.24. The Morgan fingerprint density at radius 3 is 2.27 bits per heavy atom. The number of hydrogen-bond donors (Lipinski definition) is 1. The highest BCUT2D eigenvalue weighted by molar-refractivity contribution is 7.92. The highest BCUT2D eigenvalue weighted by Gasteiger charge is 2.35. The molecule has 0 aromatic rings. The molecule has 1 N–H and O–H groups in total. The largest absolute Gasteiger partial charge is 0.353 e. The van der Waals surface area contributed by atoms with Gasteiger partial charge in [0.2, 0.25) is 9.84 Å². The van der Waals surface area contributed by atoms with Crippen LogP contribution in [-0.4, -0.2) is 31.0 Å². The summed E-state index contributed by atoms with van der Waals surface area (Å²) in [5.74, 6) is -0.188. The fourth-order valence-corrected chi connectivity index (χ4v) is 1.29. The van der Waals surface area contributed by atoms with Crippen LogP contribution in [0.25, 0.3) is 0 Å². The Hall–Kier alpha value is -0.130. The lowest BCUT2D eigenvalue weighted by Gasteiger charge is -2.21. The molecule has 1 unspecified atom stereocenters. The molecule has 0 bridgehead atoms. The van der Waals surface area contributed by atoms with E-state index in [9.17, 15) is 8.42 Å². The standard InChI is InChI=1S/C6H13O4S/c1-4-10-6(3,7)11(8,9)5-2/h7H,3-5H2,1-2H3. The third kappa shape index (κ3) is 2.43. The molecule has 11 heavy (non-hydrogen) atoms. The molecule has 5 heteroatoms. The Balaban J connectivity index is 4.55. The molecule has 4 nitrogen and oxygen atoms in total. The van der Waals surface area contributed by atoms with Crippen LogP contribution in [0.4, 0.5) is 0 Å². The van der Waals surface area contributed by atoms with Crippen LogP contribution in [0, 0.1) is 6.92 Å². The molecule has 0 saturated carbocycles. The lowest BCUT2D eigenvalue weighted by molar-refractivity contribution is -0.0993. The van der Waals surface area contributed by atoms with Crippen LogP contribution in [0.5, 0.6) is 0 Å². The number of rotatable bonds is 4. The minimum absolute atomic E-state index is 0.110. The Morgan fingerprint density at radius 2 is 2.00 bits per heavy atom. The predicted molar refractivity (Wildman–Crippen MR) is 41.4 cm³/mol. The van der Waals surface area contributed by atoms with Crippen molar-refractivity contribution in [1.82, 2.24) is 0 Å². The van der Waals surface area contributed by atoms with Crippen LogP contribution in [0.2, 0.25) is 0 Å². The fourth-order valence-electron chi connectivity index (χ4n) is 0.541. The van der Waals surface area contributed by atoms with Crippen LogP contribution in [0.1, 0.15) is 13.8 Å². The summed E-state index contributed by atoms with van der Waals surface area (Å²) in [7, 11) is -3.64. The third-order valence-corrected chi connectivity index (χ3v) is 3.09. The maximum atomic E-state index is 11.0. The molecule has 67 valence electrons. The van der Waals surface area contributed by atoms with Gasteiger partial charge in [-0.15, -0.1) is 0 Å². The molecule has 0 saturated heterocycles. The topological polar surface area (TPSA) is 63.6 Å². The van der Waals surface area contributed by atoms with Gasteiger partial charge < -0.3 is 9.84 Å². The zero-order valence-electron chi connectivity index (χ0n) is 6.70. The molecule has 0 aliphatic heterocycles. The Kier molecular flexibility index (Phi) is 3.47. The van der Waals surface area contributed by atoms with Gasteiger partial charge in [0.05, 0.1) is 5.75 Å². The summed E-state index contributed by atoms with van der Waals surface area (Å²) in [5, 5.41) is 6.84. The zero-order valence-corrected chi connectivity index (χ0v) is 7.52. The minimum atomic E-state index is -3.64. The molecule has 1 radical (unpaired) electrons. The first-order valence-corrected chi connectivity index (χ1v) is 4.96. The SMILES string of the molecule is [CH2]C(O)(OCC)S(=O)(=O)CC. The lowest BCUT2D eigenvalue weighted by Crippen LogP contribution is -2.39. The van der Waals surface area contributed by atoms with Crippen molar-refractivity contribution in [1.29, 1.82) is 0 Å². The van der Waals surface area contributed by atoms with Gasteiger partial charge >= 0.3 is 0 Å². The van der Waals surface area contributed by atoms with Crippen molar-refractivity contribution in [3.63, 3.8) is 0 Å². The van der Waals surface area contributed by atoms with Crippen molar-refractivity contribution in [2.75, 3.05) is 12.4 Å². The summed E-state index contributed by atoms with van der Waals surface area (Å²) in [6.45, 7) is 6.16. The van der Waals surface area contributed by atoms with E-state index < -0.39 is 15.0 Å². The van der Waals surface area contributed by atoms with Crippen LogP contribution in [0.3, 0.4) is 0 Å². The van der Waals surface area contributed by atoms with Crippen LogP contribution in [0.15, 0.2) is 0 Å². The minimum Gasteiger partial charge on any atom is -0.353 e. The highest BCUT2D eigenvalue weighted by atomic mass is 32.2. The van der Waals surface area contributed by atoms with E-state index in [0.29, 0.717) is 0 Å². The summed E-state index contributed by atoms with van der Waals surface area (Å²) in [5.41, 5.74) is 0. The predicted octanol–water partition coefficient (Wildman–Crippen LogP) is -0.0622. The zero-order chi connectivity index (χ0) is 9.12. The molecule has 0 heterocycles. The Morgan fingerprint density at radius 1 is 1.55 bits per heavy atom. The second-order valence-electron chi connectivity index (χ2n) is 2.05. The lowest BCUT2D eigenvalue weighted by atomic mass is 10.7.